The van der Waals surface area contributed by atoms with Gasteiger partial charge >= 0.3 is 5.97 Å². The molecule has 3 aliphatic rings. The molecule has 190 valence electrons. The number of aliphatic carboxylic acids is 1. The maximum Gasteiger partial charge on any atom is 0.352 e. The number of hydrogen-bond acceptors (Lipinski definition) is 14. The van der Waals surface area contributed by atoms with Crippen molar-refractivity contribution < 1.29 is 24.3 Å². The number of fused-ring (bicyclic) bond motifs is 1. The standard InChI is InChI=1S/C19H20N8O5S4/c20-18-23-13(26-36-18)10(25-32-9-3-1-2-4-9)14(28)22-11-15(29)27-12(17(30)31)8(5-33-16(11)27)6-34-19-24-21-7-35-19/h7,9,11,16H,1-6H2,(H,22,28)(H,30,31)(H2,20,23,26)/b25-10+. The van der Waals surface area contributed by atoms with Gasteiger partial charge in [-0.3, -0.25) is 14.5 Å². The minimum absolute atomic E-state index is 0.00929. The molecule has 2 amide bonds. The number of carboxylic acid groups (broad SMARTS) is 1. The molecule has 4 N–H and O–H groups in total. The molecule has 2 fully saturated rings. The Hall–Kier alpha value is -2.76. The van der Waals surface area contributed by atoms with Crippen LogP contribution < -0.4 is 11.1 Å². The highest BCUT2D eigenvalue weighted by Crippen LogP contribution is 2.41. The summed E-state index contributed by atoms with van der Waals surface area (Å²) in [5.41, 5.74) is 7.65. The number of rotatable bonds is 9. The molecule has 0 bridgehead atoms. The molecule has 4 heterocycles. The molecule has 1 saturated heterocycles. The number of nitrogens with two attached hydrogens (primary N) is 1. The van der Waals surface area contributed by atoms with Gasteiger partial charge in [0.1, 0.15) is 28.7 Å². The van der Waals surface area contributed by atoms with Crippen LogP contribution in [-0.2, 0) is 19.2 Å². The summed E-state index contributed by atoms with van der Waals surface area (Å²) in [6, 6.07) is -0.929. The van der Waals surface area contributed by atoms with E-state index in [4.69, 9.17) is 10.6 Å². The average Bonchev–Trinajstić information content (AvgIpc) is 3.64. The summed E-state index contributed by atoms with van der Waals surface area (Å²) in [6.07, 6.45) is 3.62. The van der Waals surface area contributed by atoms with E-state index >= 15 is 0 Å². The zero-order chi connectivity index (χ0) is 25.2. The van der Waals surface area contributed by atoms with Crippen molar-refractivity contribution >= 4 is 75.0 Å². The number of aromatic nitrogens is 4. The first-order valence-corrected chi connectivity index (χ1v) is 14.5. The first-order chi connectivity index (χ1) is 17.4. The summed E-state index contributed by atoms with van der Waals surface area (Å²) < 4.78 is 4.77. The number of thioether (sulfide) groups is 2. The van der Waals surface area contributed by atoms with E-state index in [2.05, 4.69) is 30.0 Å². The Bertz CT molecular complexity index is 1230. The fourth-order valence-corrected chi connectivity index (χ4v) is 7.42. The minimum Gasteiger partial charge on any atom is -0.477 e. The summed E-state index contributed by atoms with van der Waals surface area (Å²) in [7, 11) is 0. The Kier molecular flexibility index (Phi) is 7.40. The number of hydrogen-bond donors (Lipinski definition) is 3. The SMILES string of the molecule is Nc1nc(/C(=N\OC2CCCC2)C(=O)NC2C(=O)N3C(C(=O)O)=C(CSc4nncs4)CSC23)ns1. The summed E-state index contributed by atoms with van der Waals surface area (Å²) in [6.45, 7) is 0. The maximum absolute atomic E-state index is 13.1. The third kappa shape index (κ3) is 5.05. The van der Waals surface area contributed by atoms with Crippen LogP contribution in [0.1, 0.15) is 31.5 Å². The van der Waals surface area contributed by atoms with Crippen molar-refractivity contribution in [2.75, 3.05) is 17.2 Å². The molecule has 0 spiro atoms. The van der Waals surface area contributed by atoms with Gasteiger partial charge < -0.3 is 21.0 Å². The van der Waals surface area contributed by atoms with E-state index in [-0.39, 0.29) is 28.5 Å². The molecular formula is C19H20N8O5S4. The van der Waals surface area contributed by atoms with E-state index in [1.807, 2.05) is 0 Å². The van der Waals surface area contributed by atoms with Gasteiger partial charge in [0.2, 0.25) is 11.5 Å². The first-order valence-electron chi connectivity index (χ1n) is 10.9. The van der Waals surface area contributed by atoms with Crippen molar-refractivity contribution in [3.63, 3.8) is 0 Å². The third-order valence-electron chi connectivity index (χ3n) is 5.71. The van der Waals surface area contributed by atoms with Gasteiger partial charge in [0.25, 0.3) is 11.8 Å². The van der Waals surface area contributed by atoms with E-state index < -0.39 is 29.2 Å². The number of nitrogens with one attached hydrogen (secondary N) is 1. The van der Waals surface area contributed by atoms with Crippen LogP contribution in [-0.4, -0.2) is 82.1 Å². The Morgan fingerprint density at radius 2 is 2.17 bits per heavy atom. The van der Waals surface area contributed by atoms with Crippen LogP contribution in [0.15, 0.2) is 26.3 Å². The molecule has 2 aromatic heterocycles. The van der Waals surface area contributed by atoms with E-state index in [0.717, 1.165) is 37.2 Å². The van der Waals surface area contributed by atoms with Crippen molar-refractivity contribution in [2.24, 2.45) is 5.16 Å². The molecule has 2 atom stereocenters. The largest absolute Gasteiger partial charge is 0.477 e. The van der Waals surface area contributed by atoms with Gasteiger partial charge in [-0.25, -0.2) is 4.79 Å². The highest BCUT2D eigenvalue weighted by atomic mass is 32.2. The molecule has 36 heavy (non-hydrogen) atoms. The third-order valence-corrected chi connectivity index (χ3v) is 9.54. The van der Waals surface area contributed by atoms with Crippen LogP contribution in [0.4, 0.5) is 5.13 Å². The van der Waals surface area contributed by atoms with E-state index in [1.54, 1.807) is 5.51 Å². The Morgan fingerprint density at radius 1 is 1.36 bits per heavy atom. The topological polar surface area (TPSA) is 186 Å². The van der Waals surface area contributed by atoms with Crippen LogP contribution in [0.3, 0.4) is 0 Å². The normalized spacial score (nSPS) is 22.4. The van der Waals surface area contributed by atoms with Crippen LogP contribution in [0.25, 0.3) is 0 Å². The van der Waals surface area contributed by atoms with Gasteiger partial charge in [-0.2, -0.15) is 9.36 Å². The zero-order valence-corrected chi connectivity index (χ0v) is 21.8. The molecule has 2 unspecified atom stereocenters. The van der Waals surface area contributed by atoms with Gasteiger partial charge in [0.05, 0.1) is 0 Å². The number of β-lactam (4-membered cyclic amide) rings is 1. The van der Waals surface area contributed by atoms with Crippen molar-refractivity contribution in [1.29, 1.82) is 0 Å². The van der Waals surface area contributed by atoms with Gasteiger partial charge in [-0.1, -0.05) is 28.3 Å². The van der Waals surface area contributed by atoms with E-state index in [0.29, 0.717) is 21.4 Å². The second kappa shape index (κ2) is 10.7. The van der Waals surface area contributed by atoms with Crippen molar-refractivity contribution in [2.45, 2.75) is 47.5 Å². The lowest BCUT2D eigenvalue weighted by atomic mass is 10.0. The smallest absolute Gasteiger partial charge is 0.352 e. The van der Waals surface area contributed by atoms with Gasteiger partial charge in [-0.05, 0) is 31.3 Å². The average molecular weight is 569 g/mol. The monoisotopic (exact) mass is 568 g/mol. The van der Waals surface area contributed by atoms with Crippen molar-refractivity contribution in [3.05, 3.63) is 22.6 Å². The Morgan fingerprint density at radius 3 is 2.83 bits per heavy atom. The van der Waals surface area contributed by atoms with Gasteiger partial charge in [0, 0.05) is 23.0 Å². The molecule has 2 aromatic rings. The summed E-state index contributed by atoms with van der Waals surface area (Å²) in [5, 5.41) is 23.8. The molecular weight excluding hydrogens is 549 g/mol. The summed E-state index contributed by atoms with van der Waals surface area (Å²) in [4.78, 5) is 49.0. The second-order valence-corrected chi connectivity index (χ2v) is 12.0. The number of nitrogens with zero attached hydrogens (tertiary/aromatic N) is 6. The number of anilines is 1. The molecule has 1 aliphatic carbocycles. The minimum atomic E-state index is -1.19. The second-order valence-electron chi connectivity index (χ2n) is 8.02. The molecule has 1 saturated carbocycles. The van der Waals surface area contributed by atoms with Gasteiger partial charge in [-0.15, -0.1) is 22.0 Å². The van der Waals surface area contributed by atoms with E-state index in [9.17, 15) is 19.5 Å². The quantitative estimate of drug-likeness (QED) is 0.170. The molecule has 0 radical (unpaired) electrons. The Labute approximate surface area is 221 Å². The lowest BCUT2D eigenvalue weighted by Crippen LogP contribution is -2.71. The lowest BCUT2D eigenvalue weighted by Gasteiger charge is -2.49. The predicted octanol–water partition coefficient (Wildman–Crippen LogP) is 1.17. The number of oxime groups is 1. The molecule has 5 rings (SSSR count). The maximum atomic E-state index is 13.1. The highest BCUT2D eigenvalue weighted by molar-refractivity contribution is 8.01. The number of carbonyl (C=O) groups excluding carboxylic acids is 2. The summed E-state index contributed by atoms with van der Waals surface area (Å²) >= 11 is 5.01. The molecule has 17 heteroatoms. The number of nitrogen functional groups attached to an aromatic ring is 1. The number of carboxylic acids is 1. The fourth-order valence-electron chi connectivity index (χ4n) is 4.01. The van der Waals surface area contributed by atoms with Crippen LogP contribution in [0.5, 0.6) is 0 Å². The van der Waals surface area contributed by atoms with Crippen LogP contribution >= 0.6 is 46.4 Å². The molecule has 2 aliphatic heterocycles. The Balaban J connectivity index is 1.30. The molecule has 0 aromatic carbocycles. The van der Waals surface area contributed by atoms with Crippen molar-refractivity contribution in [3.8, 4) is 0 Å². The van der Waals surface area contributed by atoms with Crippen LogP contribution in [0, 0.1) is 0 Å². The first kappa shape index (κ1) is 24.9. The molecule has 13 nitrogen and oxygen atoms in total. The highest BCUT2D eigenvalue weighted by Gasteiger charge is 2.54. The van der Waals surface area contributed by atoms with Gasteiger partial charge in [0.15, 0.2) is 9.47 Å². The van der Waals surface area contributed by atoms with Crippen LogP contribution in [0.2, 0.25) is 0 Å². The predicted molar refractivity (Wildman–Crippen MR) is 135 cm³/mol. The number of carbonyl (C=O) groups is 3. The van der Waals surface area contributed by atoms with E-state index in [1.165, 1.54) is 39.8 Å². The summed E-state index contributed by atoms with van der Waals surface area (Å²) in [5.74, 6) is -1.63. The fraction of sp³-hybridized carbons (Fsp3) is 0.474. The lowest BCUT2D eigenvalue weighted by molar-refractivity contribution is -0.150. The zero-order valence-electron chi connectivity index (χ0n) is 18.5. The number of amides is 2. The van der Waals surface area contributed by atoms with Crippen molar-refractivity contribution in [1.82, 2.24) is 29.8 Å².